The Morgan fingerprint density at radius 2 is 2.19 bits per heavy atom. The van der Waals surface area contributed by atoms with Gasteiger partial charge in [0.25, 0.3) is 0 Å². The van der Waals surface area contributed by atoms with Crippen LogP contribution in [0.15, 0.2) is 6.07 Å². The summed E-state index contributed by atoms with van der Waals surface area (Å²) in [5, 5.41) is 2.98. The molecular weight excluding hydrogens is 233 g/mol. The van der Waals surface area contributed by atoms with Crippen molar-refractivity contribution in [1.82, 2.24) is 5.32 Å². The van der Waals surface area contributed by atoms with E-state index in [0.717, 1.165) is 0 Å². The summed E-state index contributed by atoms with van der Waals surface area (Å²) in [6.45, 7) is 1.56. The zero-order valence-electron chi connectivity index (χ0n) is 8.98. The minimum Gasteiger partial charge on any atom is -0.486 e. The van der Waals surface area contributed by atoms with Crippen LogP contribution in [0, 0.1) is 5.82 Å². The van der Waals surface area contributed by atoms with Gasteiger partial charge in [0.05, 0.1) is 0 Å². The van der Waals surface area contributed by atoms with Gasteiger partial charge in [0.1, 0.15) is 24.1 Å². The first-order valence-electron chi connectivity index (χ1n) is 5.15. The SMILES string of the molecule is CNCCc1cc2c(c(Cl)c1F)OCCO2. The molecule has 16 heavy (non-hydrogen) atoms. The van der Waals surface area contributed by atoms with Crippen molar-refractivity contribution in [2.45, 2.75) is 6.42 Å². The summed E-state index contributed by atoms with van der Waals surface area (Å²) < 4.78 is 24.5. The molecule has 88 valence electrons. The molecule has 0 aromatic heterocycles. The quantitative estimate of drug-likeness (QED) is 0.884. The van der Waals surface area contributed by atoms with Crippen molar-refractivity contribution in [2.24, 2.45) is 0 Å². The maximum absolute atomic E-state index is 13.8. The highest BCUT2D eigenvalue weighted by Gasteiger charge is 2.21. The van der Waals surface area contributed by atoms with Crippen LogP contribution < -0.4 is 14.8 Å². The summed E-state index contributed by atoms with van der Waals surface area (Å²) in [4.78, 5) is 0. The van der Waals surface area contributed by atoms with Gasteiger partial charge in [0.2, 0.25) is 0 Å². The van der Waals surface area contributed by atoms with Crippen molar-refractivity contribution in [1.29, 1.82) is 0 Å². The molecule has 2 rings (SSSR count). The summed E-state index contributed by atoms with van der Waals surface area (Å²) in [5.74, 6) is 0.434. The van der Waals surface area contributed by atoms with E-state index in [0.29, 0.717) is 43.2 Å². The molecule has 1 aromatic carbocycles. The molecule has 1 aliphatic heterocycles. The Morgan fingerprint density at radius 3 is 2.94 bits per heavy atom. The number of hydrogen-bond donors (Lipinski definition) is 1. The van der Waals surface area contributed by atoms with E-state index in [1.165, 1.54) is 0 Å². The van der Waals surface area contributed by atoms with E-state index >= 15 is 0 Å². The number of halogens is 2. The maximum atomic E-state index is 13.8. The van der Waals surface area contributed by atoms with Crippen LogP contribution in [0.3, 0.4) is 0 Å². The van der Waals surface area contributed by atoms with Crippen molar-refractivity contribution < 1.29 is 13.9 Å². The van der Waals surface area contributed by atoms with Gasteiger partial charge < -0.3 is 14.8 Å². The van der Waals surface area contributed by atoms with Gasteiger partial charge in [-0.3, -0.25) is 0 Å². The molecule has 1 aromatic rings. The zero-order chi connectivity index (χ0) is 11.5. The Hall–Kier alpha value is -1.00. The number of hydrogen-bond acceptors (Lipinski definition) is 3. The summed E-state index contributed by atoms with van der Waals surface area (Å²) in [6.07, 6.45) is 0.568. The van der Waals surface area contributed by atoms with Gasteiger partial charge in [0, 0.05) is 0 Å². The number of fused-ring (bicyclic) bond motifs is 1. The second kappa shape index (κ2) is 4.89. The molecule has 0 radical (unpaired) electrons. The minimum atomic E-state index is -0.416. The Balaban J connectivity index is 2.36. The van der Waals surface area contributed by atoms with Crippen LogP contribution in [-0.4, -0.2) is 26.8 Å². The number of rotatable bonds is 3. The van der Waals surface area contributed by atoms with E-state index in [1.54, 1.807) is 6.07 Å². The lowest BCUT2D eigenvalue weighted by Crippen LogP contribution is -2.17. The Morgan fingerprint density at radius 1 is 1.44 bits per heavy atom. The molecule has 0 spiro atoms. The Kier molecular flexibility index (Phi) is 3.51. The fourth-order valence-corrected chi connectivity index (χ4v) is 1.88. The number of likely N-dealkylation sites (N-methyl/N-ethyl adjacent to an activating group) is 1. The third-order valence-electron chi connectivity index (χ3n) is 2.43. The largest absolute Gasteiger partial charge is 0.486 e. The van der Waals surface area contributed by atoms with Gasteiger partial charge in [-0.15, -0.1) is 0 Å². The summed E-state index contributed by atoms with van der Waals surface area (Å²) in [5.41, 5.74) is 0.545. The van der Waals surface area contributed by atoms with Crippen molar-refractivity contribution >= 4 is 11.6 Å². The van der Waals surface area contributed by atoms with Gasteiger partial charge in [0.15, 0.2) is 11.5 Å². The van der Waals surface area contributed by atoms with E-state index in [-0.39, 0.29) is 5.02 Å². The molecule has 5 heteroatoms. The predicted octanol–water partition coefficient (Wildman–Crippen LogP) is 2.01. The average Bonchev–Trinajstić information content (AvgIpc) is 2.32. The second-order valence-corrected chi connectivity index (χ2v) is 3.92. The van der Waals surface area contributed by atoms with Crippen LogP contribution in [0.25, 0.3) is 0 Å². The van der Waals surface area contributed by atoms with E-state index in [9.17, 15) is 4.39 Å². The van der Waals surface area contributed by atoms with Crippen molar-refractivity contribution in [2.75, 3.05) is 26.8 Å². The first kappa shape index (κ1) is 11.5. The molecular formula is C11H13ClFNO2. The van der Waals surface area contributed by atoms with Crippen molar-refractivity contribution in [3.05, 3.63) is 22.5 Å². The lowest BCUT2D eigenvalue weighted by molar-refractivity contribution is 0.170. The summed E-state index contributed by atoms with van der Waals surface area (Å²) >= 11 is 5.89. The average molecular weight is 246 g/mol. The normalized spacial score (nSPS) is 13.9. The predicted molar refractivity (Wildman–Crippen MR) is 60.0 cm³/mol. The van der Waals surface area contributed by atoms with Crippen molar-refractivity contribution in [3.8, 4) is 11.5 Å². The molecule has 1 aliphatic rings. The highest BCUT2D eigenvalue weighted by molar-refractivity contribution is 6.32. The molecule has 0 bridgehead atoms. The number of benzene rings is 1. The third kappa shape index (κ3) is 2.08. The molecule has 3 nitrogen and oxygen atoms in total. The van der Waals surface area contributed by atoms with Crippen LogP contribution in [0.2, 0.25) is 5.02 Å². The van der Waals surface area contributed by atoms with Crippen LogP contribution in [0.4, 0.5) is 4.39 Å². The summed E-state index contributed by atoms with van der Waals surface area (Å²) in [6, 6.07) is 1.66. The molecule has 0 aliphatic carbocycles. The smallest absolute Gasteiger partial charge is 0.182 e. The highest BCUT2D eigenvalue weighted by Crippen LogP contribution is 2.40. The van der Waals surface area contributed by atoms with Crippen LogP contribution in [0.5, 0.6) is 11.5 Å². The number of ether oxygens (including phenoxy) is 2. The molecule has 0 saturated carbocycles. The highest BCUT2D eigenvalue weighted by atomic mass is 35.5. The van der Waals surface area contributed by atoms with Gasteiger partial charge in [-0.2, -0.15) is 0 Å². The molecule has 1 heterocycles. The van der Waals surface area contributed by atoms with Crippen LogP contribution >= 0.6 is 11.6 Å². The molecule has 0 saturated heterocycles. The molecule has 0 amide bonds. The van der Waals surface area contributed by atoms with Crippen LogP contribution in [0.1, 0.15) is 5.56 Å². The van der Waals surface area contributed by atoms with Crippen molar-refractivity contribution in [3.63, 3.8) is 0 Å². The first-order valence-corrected chi connectivity index (χ1v) is 5.53. The van der Waals surface area contributed by atoms with E-state index in [1.807, 2.05) is 7.05 Å². The van der Waals surface area contributed by atoms with E-state index < -0.39 is 5.82 Å². The Bertz CT molecular complexity index is 398. The molecule has 0 unspecified atom stereocenters. The van der Waals surface area contributed by atoms with Crippen LogP contribution in [-0.2, 0) is 6.42 Å². The fraction of sp³-hybridized carbons (Fsp3) is 0.455. The monoisotopic (exact) mass is 245 g/mol. The van der Waals surface area contributed by atoms with Gasteiger partial charge >= 0.3 is 0 Å². The summed E-state index contributed by atoms with van der Waals surface area (Å²) in [7, 11) is 1.82. The Labute approximate surface area is 98.5 Å². The fourth-order valence-electron chi connectivity index (χ4n) is 1.61. The van der Waals surface area contributed by atoms with E-state index in [2.05, 4.69) is 5.32 Å². The molecule has 0 atom stereocenters. The number of nitrogens with one attached hydrogen (secondary N) is 1. The van der Waals surface area contributed by atoms with E-state index in [4.69, 9.17) is 21.1 Å². The zero-order valence-corrected chi connectivity index (χ0v) is 9.73. The maximum Gasteiger partial charge on any atom is 0.182 e. The lowest BCUT2D eigenvalue weighted by Gasteiger charge is -2.21. The third-order valence-corrected chi connectivity index (χ3v) is 2.77. The topological polar surface area (TPSA) is 30.5 Å². The van der Waals surface area contributed by atoms with Gasteiger partial charge in [-0.25, -0.2) is 4.39 Å². The lowest BCUT2D eigenvalue weighted by atomic mass is 10.1. The first-order chi connectivity index (χ1) is 7.74. The molecule has 1 N–H and O–H groups in total. The van der Waals surface area contributed by atoms with Gasteiger partial charge in [-0.1, -0.05) is 11.6 Å². The second-order valence-electron chi connectivity index (χ2n) is 3.54. The minimum absolute atomic E-state index is 0.0169. The standard InChI is InChI=1S/C11H13ClFNO2/c1-14-3-2-7-6-8-11(9(12)10(7)13)16-5-4-15-8/h6,14H,2-5H2,1H3. The molecule has 0 fully saturated rings. The van der Waals surface area contributed by atoms with Gasteiger partial charge in [-0.05, 0) is 31.6 Å².